The maximum Gasteiger partial charge on any atom is 1.00 e. The molecular weight excluding hydrogens is 323 g/mol. The smallest absolute Gasteiger partial charge is 0.389 e. The second-order valence-electron chi connectivity index (χ2n) is 4.87. The molecular formula is C15H15KN4O3. The molecule has 0 atom stereocenters. The maximum absolute atomic E-state index is 12.1. The maximum atomic E-state index is 12.1. The van der Waals surface area contributed by atoms with Gasteiger partial charge in [0.1, 0.15) is 5.52 Å². The summed E-state index contributed by atoms with van der Waals surface area (Å²) in [5.74, 6) is 0. The van der Waals surface area contributed by atoms with Crippen molar-refractivity contribution in [1.29, 1.82) is 0 Å². The Morgan fingerprint density at radius 3 is 2.65 bits per heavy atom. The molecule has 0 saturated carbocycles. The zero-order valence-electron chi connectivity index (χ0n) is 13.1. The van der Waals surface area contributed by atoms with E-state index < -0.39 is 11.2 Å². The molecule has 0 aliphatic carbocycles. The number of ether oxygens (including phenoxy) is 1. The van der Waals surface area contributed by atoms with Crippen molar-refractivity contribution in [2.75, 3.05) is 13.7 Å². The standard InChI is InChI=1S/C15H16N4O3.K/c1-22-8-7-18-10-16-13-12(18)14(20)17-15(21)19(13)9-11-5-3-2-4-6-11;/h2-6,10H,7-9H2,1H3,(H,17,20,21);/q;+1/p-1. The second kappa shape index (κ2) is 8.18. The van der Waals surface area contributed by atoms with Gasteiger partial charge in [0, 0.05) is 13.7 Å². The molecule has 7 nitrogen and oxygen atoms in total. The third-order valence-corrected chi connectivity index (χ3v) is 3.42. The zero-order chi connectivity index (χ0) is 15.5. The van der Waals surface area contributed by atoms with Crippen molar-refractivity contribution in [3.05, 3.63) is 63.1 Å². The molecule has 2 heterocycles. The van der Waals surface area contributed by atoms with E-state index in [1.807, 2.05) is 30.3 Å². The van der Waals surface area contributed by atoms with Crippen LogP contribution in [0.25, 0.3) is 11.2 Å². The molecule has 0 spiro atoms. The Morgan fingerprint density at radius 2 is 1.96 bits per heavy atom. The number of hydrogen-bond acceptors (Lipinski definition) is 4. The van der Waals surface area contributed by atoms with E-state index in [4.69, 9.17) is 4.74 Å². The summed E-state index contributed by atoms with van der Waals surface area (Å²) in [6.45, 7) is 1.25. The third-order valence-electron chi connectivity index (χ3n) is 3.42. The summed E-state index contributed by atoms with van der Waals surface area (Å²) < 4.78 is 8.09. The second-order valence-corrected chi connectivity index (χ2v) is 4.87. The van der Waals surface area contributed by atoms with Crippen molar-refractivity contribution in [1.82, 2.24) is 19.1 Å². The van der Waals surface area contributed by atoms with Crippen LogP contribution >= 0.6 is 0 Å². The summed E-state index contributed by atoms with van der Waals surface area (Å²) in [7, 11) is 1.58. The van der Waals surface area contributed by atoms with Crippen molar-refractivity contribution in [3.8, 4) is 0 Å². The van der Waals surface area contributed by atoms with Crippen molar-refractivity contribution < 1.29 is 56.1 Å². The average molecular weight is 338 g/mol. The summed E-state index contributed by atoms with van der Waals surface area (Å²) >= 11 is 0. The Hall–Kier alpha value is -1.03. The fraction of sp³-hybridized carbons (Fsp3) is 0.267. The molecule has 114 valence electrons. The van der Waals surface area contributed by atoms with Crippen LogP contribution in [0, 0.1) is 0 Å². The van der Waals surface area contributed by atoms with Gasteiger partial charge in [-0.25, -0.2) is 4.98 Å². The SMILES string of the molecule is COCCn1cnc2c1c(=O)[n-]c(=O)n2Cc1ccccc1.[K+]. The number of rotatable bonds is 5. The van der Waals surface area contributed by atoms with Gasteiger partial charge in [-0.3, -0.25) is 9.59 Å². The van der Waals surface area contributed by atoms with Crippen LogP contribution in [0.4, 0.5) is 0 Å². The minimum absolute atomic E-state index is 0. The van der Waals surface area contributed by atoms with Crippen LogP contribution in [-0.4, -0.2) is 27.8 Å². The molecule has 0 fully saturated rings. The van der Waals surface area contributed by atoms with E-state index in [9.17, 15) is 9.59 Å². The van der Waals surface area contributed by atoms with Crippen LogP contribution < -0.4 is 67.6 Å². The predicted octanol–water partition coefficient (Wildman–Crippen LogP) is -2.79. The van der Waals surface area contributed by atoms with Gasteiger partial charge in [0.2, 0.25) is 0 Å². The molecule has 0 bridgehead atoms. The molecule has 3 aromatic rings. The number of fused-ring (bicyclic) bond motifs is 1. The number of imidazole rings is 1. The number of hydrogen-bond donors (Lipinski definition) is 0. The van der Waals surface area contributed by atoms with Crippen LogP contribution in [0.5, 0.6) is 0 Å². The van der Waals surface area contributed by atoms with E-state index in [1.54, 1.807) is 11.7 Å². The monoisotopic (exact) mass is 338 g/mol. The summed E-state index contributed by atoms with van der Waals surface area (Å²) in [5, 5.41) is 0. The normalized spacial score (nSPS) is 10.7. The molecule has 0 aliphatic heterocycles. The van der Waals surface area contributed by atoms with E-state index in [-0.39, 0.29) is 51.4 Å². The van der Waals surface area contributed by atoms with E-state index >= 15 is 0 Å². The van der Waals surface area contributed by atoms with Gasteiger partial charge in [-0.1, -0.05) is 30.3 Å². The van der Waals surface area contributed by atoms with Gasteiger partial charge >= 0.3 is 51.4 Å². The van der Waals surface area contributed by atoms with Crippen LogP contribution in [0.15, 0.2) is 46.2 Å². The molecule has 0 unspecified atom stereocenters. The van der Waals surface area contributed by atoms with Crippen molar-refractivity contribution in [3.63, 3.8) is 0 Å². The van der Waals surface area contributed by atoms with Crippen molar-refractivity contribution >= 4 is 11.2 Å². The Morgan fingerprint density at radius 1 is 1.22 bits per heavy atom. The summed E-state index contributed by atoms with van der Waals surface area (Å²) in [6.07, 6.45) is 1.54. The topological polar surface area (TPSA) is 80.2 Å². The van der Waals surface area contributed by atoms with Gasteiger partial charge in [0.25, 0.3) is 0 Å². The quantitative estimate of drug-likeness (QED) is 0.470. The van der Waals surface area contributed by atoms with Crippen LogP contribution in [0.1, 0.15) is 5.56 Å². The minimum Gasteiger partial charge on any atom is -0.389 e. The van der Waals surface area contributed by atoms with Gasteiger partial charge in [0.05, 0.1) is 18.6 Å². The van der Waals surface area contributed by atoms with Crippen LogP contribution in [0.2, 0.25) is 0 Å². The van der Waals surface area contributed by atoms with Gasteiger partial charge in [-0.2, -0.15) is 0 Å². The Balaban J connectivity index is 0.00000192. The minimum atomic E-state index is -0.585. The van der Waals surface area contributed by atoms with Crippen molar-refractivity contribution in [2.45, 2.75) is 13.1 Å². The third kappa shape index (κ3) is 3.90. The molecule has 0 amide bonds. The Labute approximate surface area is 174 Å². The first-order valence-corrected chi connectivity index (χ1v) is 6.86. The van der Waals surface area contributed by atoms with E-state index in [0.29, 0.717) is 30.9 Å². The summed E-state index contributed by atoms with van der Waals surface area (Å²) in [6, 6.07) is 9.51. The Bertz CT molecular complexity index is 898. The van der Waals surface area contributed by atoms with Gasteiger partial charge in [-0.15, -0.1) is 0 Å². The number of aromatic nitrogens is 4. The Kier molecular flexibility index (Phi) is 6.51. The van der Waals surface area contributed by atoms with Gasteiger partial charge < -0.3 is 18.9 Å². The molecule has 0 saturated heterocycles. The van der Waals surface area contributed by atoms with Crippen molar-refractivity contribution in [2.24, 2.45) is 0 Å². The summed E-state index contributed by atoms with van der Waals surface area (Å²) in [5.41, 5.74) is 0.478. The first-order valence-electron chi connectivity index (χ1n) is 6.86. The zero-order valence-corrected chi connectivity index (χ0v) is 16.2. The molecule has 0 aliphatic rings. The summed E-state index contributed by atoms with van der Waals surface area (Å²) in [4.78, 5) is 31.9. The van der Waals surface area contributed by atoms with Crippen LogP contribution in [0.3, 0.4) is 0 Å². The van der Waals surface area contributed by atoms with Gasteiger partial charge in [0.15, 0.2) is 11.2 Å². The fourth-order valence-corrected chi connectivity index (χ4v) is 2.35. The molecule has 23 heavy (non-hydrogen) atoms. The molecule has 1 aromatic carbocycles. The fourth-order valence-electron chi connectivity index (χ4n) is 2.35. The first-order chi connectivity index (χ1) is 10.7. The molecule has 8 heteroatoms. The van der Waals surface area contributed by atoms with E-state index in [0.717, 1.165) is 5.56 Å². The molecule has 2 aromatic heterocycles. The number of methoxy groups -OCH3 is 1. The average Bonchev–Trinajstić information content (AvgIpc) is 2.94. The van der Waals surface area contributed by atoms with E-state index in [1.165, 1.54) is 10.9 Å². The molecule has 3 rings (SSSR count). The number of benzene rings is 1. The van der Waals surface area contributed by atoms with Crippen LogP contribution in [-0.2, 0) is 17.8 Å². The number of nitrogens with zero attached hydrogens (tertiary/aromatic N) is 4. The largest absolute Gasteiger partial charge is 1.00 e. The molecule has 0 N–H and O–H groups in total. The van der Waals surface area contributed by atoms with E-state index in [2.05, 4.69) is 9.97 Å². The van der Waals surface area contributed by atoms with Gasteiger partial charge in [-0.05, 0) is 12.1 Å². The first kappa shape index (κ1) is 18.3. The predicted molar refractivity (Wildman–Crippen MR) is 81.0 cm³/mol. The molecule has 0 radical (unpaired) electrons.